The maximum atomic E-state index is 12.1. The number of rotatable bonds is 6. The van der Waals surface area contributed by atoms with Gasteiger partial charge in [0.15, 0.2) is 0 Å². The topological polar surface area (TPSA) is 90.9 Å². The van der Waals surface area contributed by atoms with Crippen LogP contribution in [0.4, 0.5) is 5.00 Å². The highest BCUT2D eigenvalue weighted by Crippen LogP contribution is 2.28. The fraction of sp³-hybridized carbons (Fsp3) is 0.625. The predicted molar refractivity (Wildman–Crippen MR) is 93.4 cm³/mol. The van der Waals surface area contributed by atoms with Crippen molar-refractivity contribution in [3.8, 4) is 0 Å². The number of morpholine rings is 1. The van der Waals surface area contributed by atoms with Gasteiger partial charge >= 0.3 is 11.9 Å². The summed E-state index contributed by atoms with van der Waals surface area (Å²) in [6.07, 6.45) is 1.52. The summed E-state index contributed by atoms with van der Waals surface area (Å²) in [6, 6.07) is 0. The van der Waals surface area contributed by atoms with Crippen molar-refractivity contribution in [2.75, 3.05) is 31.2 Å². The zero-order chi connectivity index (χ0) is 18.4. The van der Waals surface area contributed by atoms with Crippen LogP contribution in [0, 0.1) is 0 Å². The van der Waals surface area contributed by atoms with E-state index in [9.17, 15) is 9.59 Å². The first-order valence-electron chi connectivity index (χ1n) is 8.24. The molecule has 138 valence electrons. The molecule has 0 N–H and O–H groups in total. The summed E-state index contributed by atoms with van der Waals surface area (Å²) in [5.74, 6) is -1.47. The Kier molecular flexibility index (Phi) is 6.89. The molecule has 8 nitrogen and oxygen atoms in total. The molecule has 0 aliphatic carbocycles. The van der Waals surface area contributed by atoms with E-state index >= 15 is 0 Å². The second-order valence-corrected chi connectivity index (χ2v) is 6.36. The lowest BCUT2D eigenvalue weighted by atomic mass is 10.2. The van der Waals surface area contributed by atoms with Crippen LogP contribution in [0.2, 0.25) is 0 Å². The summed E-state index contributed by atoms with van der Waals surface area (Å²) in [7, 11) is 0. The molecular weight excluding hydrogens is 346 g/mol. The minimum absolute atomic E-state index is 0.0669. The van der Waals surface area contributed by atoms with Gasteiger partial charge in [0.05, 0.1) is 25.4 Å². The molecule has 0 spiro atoms. The van der Waals surface area contributed by atoms with E-state index in [-0.39, 0.29) is 31.0 Å². The van der Waals surface area contributed by atoms with Gasteiger partial charge in [-0.05, 0) is 33.8 Å². The van der Waals surface area contributed by atoms with E-state index in [1.807, 2.05) is 13.8 Å². The Morgan fingerprint density at radius 3 is 2.28 bits per heavy atom. The molecule has 1 aliphatic heterocycles. The predicted octanol–water partition coefficient (Wildman–Crippen LogP) is 1.66. The molecule has 0 aromatic carbocycles. The van der Waals surface area contributed by atoms with E-state index in [1.54, 1.807) is 13.8 Å². The monoisotopic (exact) mass is 369 g/mol. The van der Waals surface area contributed by atoms with Gasteiger partial charge in [0.25, 0.3) is 0 Å². The maximum absolute atomic E-state index is 12.1. The van der Waals surface area contributed by atoms with Crippen LogP contribution in [-0.2, 0) is 23.8 Å². The van der Waals surface area contributed by atoms with Crippen molar-refractivity contribution in [1.29, 1.82) is 0 Å². The summed E-state index contributed by atoms with van der Waals surface area (Å²) in [5, 5.41) is 4.85. The second kappa shape index (κ2) is 8.91. The molecule has 2 atom stereocenters. The average Bonchev–Trinajstić information content (AvgIpc) is 3.00. The van der Waals surface area contributed by atoms with E-state index in [0.29, 0.717) is 18.8 Å². The smallest absolute Gasteiger partial charge is 0.345 e. The first-order valence-corrected chi connectivity index (χ1v) is 9.02. The third-order valence-electron chi connectivity index (χ3n) is 3.47. The van der Waals surface area contributed by atoms with E-state index in [4.69, 9.17) is 14.2 Å². The summed E-state index contributed by atoms with van der Waals surface area (Å²) in [4.78, 5) is 26.3. The number of aromatic nitrogens is 2. The number of carbonyl (C=O) groups is 2. The number of hydrogen-bond donors (Lipinski definition) is 0. The standard InChI is InChI=1S/C16H23N3O5S/c1-5-22-15(20)12(16(21)23-6-2)7-13-14(25-18-17-13)19-8-10(3)24-11(4)9-19/h7,10-11H,5-6,8-9H2,1-4H3/t10-,11-/m1/s1. The van der Waals surface area contributed by atoms with Crippen LogP contribution in [0.1, 0.15) is 33.4 Å². The molecule has 0 bridgehead atoms. The van der Waals surface area contributed by atoms with Gasteiger partial charge in [-0.2, -0.15) is 0 Å². The Hall–Kier alpha value is -2.00. The van der Waals surface area contributed by atoms with Crippen LogP contribution >= 0.6 is 11.5 Å². The maximum Gasteiger partial charge on any atom is 0.345 e. The Morgan fingerprint density at radius 2 is 1.76 bits per heavy atom. The minimum Gasteiger partial charge on any atom is -0.462 e. The largest absolute Gasteiger partial charge is 0.462 e. The summed E-state index contributed by atoms with van der Waals surface area (Å²) >= 11 is 1.21. The first kappa shape index (κ1) is 19.3. The minimum atomic E-state index is -0.733. The number of ether oxygens (including phenoxy) is 3. The molecule has 0 saturated carbocycles. The SMILES string of the molecule is CCOC(=O)C(=Cc1nnsc1N1C[C@@H](C)O[C@H](C)C1)C(=O)OCC. The van der Waals surface area contributed by atoms with Crippen molar-refractivity contribution in [3.05, 3.63) is 11.3 Å². The second-order valence-electron chi connectivity index (χ2n) is 5.62. The van der Waals surface area contributed by atoms with Crippen LogP contribution < -0.4 is 4.90 Å². The molecule has 25 heavy (non-hydrogen) atoms. The lowest BCUT2D eigenvalue weighted by molar-refractivity contribution is -0.146. The van der Waals surface area contributed by atoms with Crippen LogP contribution in [-0.4, -0.2) is 60.0 Å². The van der Waals surface area contributed by atoms with Crippen molar-refractivity contribution in [3.63, 3.8) is 0 Å². The molecule has 2 heterocycles. The lowest BCUT2D eigenvalue weighted by Gasteiger charge is -2.35. The highest BCUT2D eigenvalue weighted by atomic mass is 32.1. The average molecular weight is 369 g/mol. The van der Waals surface area contributed by atoms with Crippen molar-refractivity contribution in [2.45, 2.75) is 39.9 Å². The van der Waals surface area contributed by atoms with E-state index < -0.39 is 11.9 Å². The molecule has 1 aromatic heterocycles. The number of esters is 2. The van der Waals surface area contributed by atoms with Crippen LogP contribution in [0.25, 0.3) is 6.08 Å². The lowest BCUT2D eigenvalue weighted by Crippen LogP contribution is -2.45. The van der Waals surface area contributed by atoms with Gasteiger partial charge in [0, 0.05) is 24.6 Å². The fourth-order valence-electron chi connectivity index (χ4n) is 2.60. The molecule has 1 aromatic rings. The Balaban J connectivity index is 2.32. The van der Waals surface area contributed by atoms with Crippen molar-refractivity contribution in [1.82, 2.24) is 9.59 Å². The molecule has 0 unspecified atom stereocenters. The Morgan fingerprint density at radius 1 is 1.20 bits per heavy atom. The van der Waals surface area contributed by atoms with E-state index in [2.05, 4.69) is 14.5 Å². The molecule has 2 rings (SSSR count). The summed E-state index contributed by atoms with van der Waals surface area (Å²) < 4.78 is 19.6. The normalized spacial score (nSPS) is 20.1. The van der Waals surface area contributed by atoms with Gasteiger partial charge in [-0.15, -0.1) is 5.10 Å². The fourth-order valence-corrected chi connectivity index (χ4v) is 3.27. The van der Waals surface area contributed by atoms with Gasteiger partial charge in [-0.25, -0.2) is 9.59 Å². The van der Waals surface area contributed by atoms with Crippen molar-refractivity contribution >= 4 is 34.5 Å². The molecule has 9 heteroatoms. The van der Waals surface area contributed by atoms with Gasteiger partial charge < -0.3 is 19.1 Å². The molecule has 1 aliphatic rings. The van der Waals surface area contributed by atoms with Gasteiger partial charge in [-0.3, -0.25) is 0 Å². The number of nitrogens with zero attached hydrogens (tertiary/aromatic N) is 3. The molecule has 1 saturated heterocycles. The Labute approximate surface area is 150 Å². The van der Waals surface area contributed by atoms with E-state index in [0.717, 1.165) is 5.00 Å². The Bertz CT molecular complexity index is 615. The first-order chi connectivity index (χ1) is 12.0. The highest BCUT2D eigenvalue weighted by Gasteiger charge is 2.27. The third-order valence-corrected chi connectivity index (χ3v) is 4.28. The zero-order valence-electron chi connectivity index (χ0n) is 14.9. The van der Waals surface area contributed by atoms with Crippen LogP contribution in [0.5, 0.6) is 0 Å². The van der Waals surface area contributed by atoms with Crippen LogP contribution in [0.3, 0.4) is 0 Å². The number of carbonyl (C=O) groups excluding carboxylic acids is 2. The zero-order valence-corrected chi connectivity index (χ0v) is 15.7. The number of anilines is 1. The molecule has 0 radical (unpaired) electrons. The molecular formula is C16H23N3O5S. The summed E-state index contributed by atoms with van der Waals surface area (Å²) in [5.41, 5.74) is 0.259. The van der Waals surface area contributed by atoms with Gasteiger partial charge in [-0.1, -0.05) is 4.49 Å². The molecule has 1 fully saturated rings. The van der Waals surface area contributed by atoms with Crippen molar-refractivity contribution in [2.24, 2.45) is 0 Å². The quantitative estimate of drug-likeness (QED) is 0.324. The van der Waals surface area contributed by atoms with Crippen LogP contribution in [0.15, 0.2) is 5.57 Å². The van der Waals surface area contributed by atoms with Gasteiger partial charge in [0.1, 0.15) is 16.3 Å². The third kappa shape index (κ3) is 4.99. The summed E-state index contributed by atoms with van der Waals surface area (Å²) in [6.45, 7) is 9.03. The molecule has 0 amide bonds. The highest BCUT2D eigenvalue weighted by molar-refractivity contribution is 7.10. The van der Waals surface area contributed by atoms with E-state index in [1.165, 1.54) is 17.6 Å². The van der Waals surface area contributed by atoms with Crippen molar-refractivity contribution < 1.29 is 23.8 Å². The van der Waals surface area contributed by atoms with Gasteiger partial charge in [0.2, 0.25) is 0 Å². The number of hydrogen-bond acceptors (Lipinski definition) is 9.